The molecule has 0 aliphatic rings. The summed E-state index contributed by atoms with van der Waals surface area (Å²) in [6.45, 7) is 5.50. The molecule has 0 spiro atoms. The Morgan fingerprint density at radius 3 is 2.56 bits per heavy atom. The summed E-state index contributed by atoms with van der Waals surface area (Å²) in [4.78, 5) is 22.9. The van der Waals surface area contributed by atoms with Gasteiger partial charge in [0.1, 0.15) is 0 Å². The van der Waals surface area contributed by atoms with E-state index in [2.05, 4.69) is 9.84 Å². The molecule has 100 valence electrons. The second-order valence-electron chi connectivity index (χ2n) is 3.54. The third-order valence-corrected chi connectivity index (χ3v) is 2.29. The van der Waals surface area contributed by atoms with E-state index in [0.29, 0.717) is 12.2 Å². The van der Waals surface area contributed by atoms with Gasteiger partial charge in [0.2, 0.25) is 0 Å². The van der Waals surface area contributed by atoms with Crippen molar-refractivity contribution in [3.8, 4) is 0 Å². The smallest absolute Gasteiger partial charge is 0.359 e. The molecular formula is C11H17N3O4. The lowest BCUT2D eigenvalue weighted by atomic mass is 10.3. The summed E-state index contributed by atoms with van der Waals surface area (Å²) in [5.74, 6) is -1.27. The van der Waals surface area contributed by atoms with E-state index in [1.165, 1.54) is 4.68 Å². The van der Waals surface area contributed by atoms with E-state index in [4.69, 9.17) is 10.5 Å². The number of nitrogens with zero attached hydrogens (tertiary/aromatic N) is 2. The van der Waals surface area contributed by atoms with E-state index in [0.717, 1.165) is 0 Å². The molecule has 0 aliphatic carbocycles. The summed E-state index contributed by atoms with van der Waals surface area (Å²) in [5, 5.41) is 4.09. The van der Waals surface area contributed by atoms with E-state index in [9.17, 15) is 9.59 Å². The van der Waals surface area contributed by atoms with Crippen LogP contribution in [0.3, 0.4) is 0 Å². The van der Waals surface area contributed by atoms with Crippen molar-refractivity contribution in [2.24, 2.45) is 0 Å². The summed E-state index contributed by atoms with van der Waals surface area (Å²) in [5.41, 5.74) is 6.74. The van der Waals surface area contributed by atoms with Crippen LogP contribution in [0.1, 0.15) is 30.0 Å². The molecule has 1 heterocycles. The molecule has 18 heavy (non-hydrogen) atoms. The maximum absolute atomic E-state index is 11.8. The first-order chi connectivity index (χ1) is 8.51. The van der Waals surface area contributed by atoms with Gasteiger partial charge < -0.3 is 15.2 Å². The van der Waals surface area contributed by atoms with Gasteiger partial charge in [-0.3, -0.25) is 4.68 Å². The highest BCUT2D eigenvalue weighted by Crippen LogP contribution is 2.17. The fourth-order valence-corrected chi connectivity index (χ4v) is 1.43. The van der Waals surface area contributed by atoms with Crippen LogP contribution in [0, 0.1) is 6.92 Å². The lowest BCUT2D eigenvalue weighted by molar-refractivity contribution is -0.146. The van der Waals surface area contributed by atoms with Gasteiger partial charge in [0.15, 0.2) is 12.3 Å². The first-order valence-corrected chi connectivity index (χ1v) is 5.66. The maximum atomic E-state index is 11.8. The summed E-state index contributed by atoms with van der Waals surface area (Å²) < 4.78 is 10.9. The second kappa shape index (κ2) is 6.04. The van der Waals surface area contributed by atoms with Crippen LogP contribution in [0.2, 0.25) is 0 Å². The Kier molecular flexibility index (Phi) is 4.70. The Morgan fingerprint density at radius 1 is 1.33 bits per heavy atom. The van der Waals surface area contributed by atoms with Gasteiger partial charge in [-0.1, -0.05) is 0 Å². The fraction of sp³-hybridized carbons (Fsp3) is 0.545. The van der Waals surface area contributed by atoms with Crippen molar-refractivity contribution in [2.45, 2.75) is 27.3 Å². The Hall–Kier alpha value is -2.05. The lowest BCUT2D eigenvalue weighted by Crippen LogP contribution is -2.19. The van der Waals surface area contributed by atoms with Crippen molar-refractivity contribution >= 4 is 17.6 Å². The third kappa shape index (κ3) is 2.99. The molecule has 1 rings (SSSR count). The quantitative estimate of drug-likeness (QED) is 0.770. The predicted octanol–water partition coefficient (Wildman–Crippen LogP) is 0.514. The third-order valence-electron chi connectivity index (χ3n) is 2.29. The number of ether oxygens (including phenoxy) is 2. The van der Waals surface area contributed by atoms with E-state index in [1.807, 2.05) is 6.92 Å². The number of aryl methyl sites for hydroxylation is 2. The van der Waals surface area contributed by atoms with E-state index >= 15 is 0 Å². The van der Waals surface area contributed by atoms with E-state index in [1.54, 1.807) is 13.8 Å². The average Bonchev–Trinajstić information content (AvgIpc) is 2.63. The topological polar surface area (TPSA) is 96.4 Å². The summed E-state index contributed by atoms with van der Waals surface area (Å²) in [7, 11) is 0. The second-order valence-corrected chi connectivity index (χ2v) is 3.54. The number of esters is 2. The molecule has 0 saturated carbocycles. The predicted molar refractivity (Wildman–Crippen MR) is 64.0 cm³/mol. The standard InChI is InChI=1S/C11H17N3O4/c1-4-14-10(9(12)7(3)13-14)11(16)18-6-8(15)17-5-2/h4-6,12H2,1-3H3. The zero-order valence-corrected chi connectivity index (χ0v) is 10.7. The van der Waals surface area contributed by atoms with Crippen molar-refractivity contribution in [3.63, 3.8) is 0 Å². The van der Waals surface area contributed by atoms with Crippen LogP contribution in [0.4, 0.5) is 5.69 Å². The van der Waals surface area contributed by atoms with Gasteiger partial charge in [0.25, 0.3) is 0 Å². The number of nitrogens with two attached hydrogens (primary N) is 1. The van der Waals surface area contributed by atoms with Gasteiger partial charge in [0.05, 0.1) is 18.0 Å². The van der Waals surface area contributed by atoms with Crippen LogP contribution in [0.15, 0.2) is 0 Å². The minimum atomic E-state index is -0.678. The van der Waals surface area contributed by atoms with E-state index < -0.39 is 18.5 Å². The Morgan fingerprint density at radius 2 is 2.00 bits per heavy atom. The van der Waals surface area contributed by atoms with Crippen molar-refractivity contribution in [1.29, 1.82) is 0 Å². The Labute approximate surface area is 105 Å². The SMILES string of the molecule is CCOC(=O)COC(=O)c1c(N)c(C)nn1CC. The minimum absolute atomic E-state index is 0.166. The van der Waals surface area contributed by atoms with Crippen molar-refractivity contribution in [2.75, 3.05) is 18.9 Å². The Balaban J connectivity index is 2.75. The van der Waals surface area contributed by atoms with Crippen LogP contribution in [-0.4, -0.2) is 34.9 Å². The minimum Gasteiger partial charge on any atom is -0.463 e. The molecule has 7 nitrogen and oxygen atoms in total. The van der Waals surface area contributed by atoms with Crippen LogP contribution < -0.4 is 5.73 Å². The largest absolute Gasteiger partial charge is 0.463 e. The molecule has 0 aromatic carbocycles. The monoisotopic (exact) mass is 255 g/mol. The summed E-state index contributed by atoms with van der Waals surface area (Å²) in [6, 6.07) is 0. The first-order valence-electron chi connectivity index (χ1n) is 5.66. The molecule has 0 radical (unpaired) electrons. The van der Waals surface area contributed by atoms with Crippen molar-refractivity contribution in [3.05, 3.63) is 11.4 Å². The molecule has 0 saturated heterocycles. The molecule has 0 fully saturated rings. The molecule has 0 bridgehead atoms. The number of aromatic nitrogens is 2. The van der Waals surface area contributed by atoms with Crippen molar-refractivity contribution in [1.82, 2.24) is 9.78 Å². The molecule has 0 aliphatic heterocycles. The number of rotatable bonds is 5. The molecule has 7 heteroatoms. The number of anilines is 1. The van der Waals surface area contributed by atoms with Crippen LogP contribution in [-0.2, 0) is 20.8 Å². The number of nitrogen functional groups attached to an aromatic ring is 1. The molecule has 0 unspecified atom stereocenters. The molecule has 2 N–H and O–H groups in total. The number of carbonyl (C=O) groups excluding carboxylic acids is 2. The van der Waals surface area contributed by atoms with Crippen LogP contribution in [0.25, 0.3) is 0 Å². The zero-order chi connectivity index (χ0) is 13.7. The normalized spacial score (nSPS) is 10.2. The lowest BCUT2D eigenvalue weighted by Gasteiger charge is -2.06. The van der Waals surface area contributed by atoms with Crippen LogP contribution >= 0.6 is 0 Å². The van der Waals surface area contributed by atoms with Gasteiger partial charge in [0, 0.05) is 6.54 Å². The van der Waals surface area contributed by atoms with Crippen molar-refractivity contribution < 1.29 is 19.1 Å². The number of carbonyl (C=O) groups is 2. The highest BCUT2D eigenvalue weighted by atomic mass is 16.6. The maximum Gasteiger partial charge on any atom is 0.359 e. The number of hydrogen-bond acceptors (Lipinski definition) is 6. The van der Waals surface area contributed by atoms with Gasteiger partial charge in [-0.05, 0) is 20.8 Å². The zero-order valence-electron chi connectivity index (χ0n) is 10.7. The summed E-state index contributed by atoms with van der Waals surface area (Å²) in [6.07, 6.45) is 0. The van der Waals surface area contributed by atoms with E-state index in [-0.39, 0.29) is 18.0 Å². The molecular weight excluding hydrogens is 238 g/mol. The summed E-state index contributed by atoms with van der Waals surface area (Å²) >= 11 is 0. The van der Waals surface area contributed by atoms with Gasteiger partial charge >= 0.3 is 11.9 Å². The first kappa shape index (κ1) is 14.0. The molecule has 0 amide bonds. The highest BCUT2D eigenvalue weighted by molar-refractivity contribution is 5.94. The highest BCUT2D eigenvalue weighted by Gasteiger charge is 2.21. The molecule has 1 aromatic rings. The van der Waals surface area contributed by atoms with Gasteiger partial charge in [-0.15, -0.1) is 0 Å². The molecule has 1 aromatic heterocycles. The Bertz CT molecular complexity index is 453. The van der Waals surface area contributed by atoms with Gasteiger partial charge in [-0.25, -0.2) is 9.59 Å². The van der Waals surface area contributed by atoms with Gasteiger partial charge in [-0.2, -0.15) is 5.10 Å². The van der Waals surface area contributed by atoms with Crippen LogP contribution in [0.5, 0.6) is 0 Å². The number of hydrogen-bond donors (Lipinski definition) is 1. The fourth-order valence-electron chi connectivity index (χ4n) is 1.43. The average molecular weight is 255 g/mol. The molecule has 0 atom stereocenters.